The predicted molar refractivity (Wildman–Crippen MR) is 105 cm³/mol. The molecule has 3 rings (SSSR count). The molecule has 0 aliphatic carbocycles. The van der Waals surface area contributed by atoms with E-state index in [0.717, 1.165) is 25.1 Å². The number of nitrogens with one attached hydrogen (secondary N) is 2. The van der Waals surface area contributed by atoms with Crippen LogP contribution >= 0.6 is 0 Å². The summed E-state index contributed by atoms with van der Waals surface area (Å²) >= 11 is 0. The zero-order valence-corrected chi connectivity index (χ0v) is 16.6. The van der Waals surface area contributed by atoms with Gasteiger partial charge in [-0.25, -0.2) is 8.42 Å². The van der Waals surface area contributed by atoms with Gasteiger partial charge in [0.2, 0.25) is 15.9 Å². The van der Waals surface area contributed by atoms with Gasteiger partial charge >= 0.3 is 0 Å². The highest BCUT2D eigenvalue weighted by Gasteiger charge is 2.28. The first-order valence-electron chi connectivity index (χ1n) is 9.39. The van der Waals surface area contributed by atoms with Gasteiger partial charge in [0.05, 0.1) is 11.4 Å². The Morgan fingerprint density at radius 1 is 1.15 bits per heavy atom. The number of sulfonamides is 1. The summed E-state index contributed by atoms with van der Waals surface area (Å²) in [6.45, 7) is 6.59. The average Bonchev–Trinajstić information content (AvgIpc) is 2.68. The third-order valence-electron chi connectivity index (χ3n) is 5.03. The second-order valence-electron chi connectivity index (χ2n) is 7.09. The van der Waals surface area contributed by atoms with E-state index in [1.54, 1.807) is 12.1 Å². The number of hydrogen-bond donors (Lipinski definition) is 2. The monoisotopic (exact) mass is 392 g/mol. The zero-order chi connectivity index (χ0) is 19.3. The van der Waals surface area contributed by atoms with Crippen LogP contribution in [0.15, 0.2) is 40.8 Å². The molecular formula is C19H28N4O3S. The molecule has 1 fully saturated rings. The Balaban J connectivity index is 1.46. The largest absolute Gasteiger partial charge is 0.351 e. The van der Waals surface area contributed by atoms with Gasteiger partial charge in [-0.1, -0.05) is 29.3 Å². The molecule has 2 aliphatic heterocycles. The number of carbonyl (C=O) groups is 1. The van der Waals surface area contributed by atoms with E-state index in [1.165, 1.54) is 9.88 Å². The smallest absolute Gasteiger partial charge is 0.243 e. The van der Waals surface area contributed by atoms with Crippen molar-refractivity contribution in [3.05, 3.63) is 41.5 Å². The van der Waals surface area contributed by atoms with E-state index in [9.17, 15) is 13.2 Å². The summed E-state index contributed by atoms with van der Waals surface area (Å²) < 4.78 is 26.9. The molecule has 2 aliphatic rings. The third kappa shape index (κ3) is 5.38. The fraction of sp³-hybridized carbons (Fsp3) is 0.526. The Morgan fingerprint density at radius 2 is 1.85 bits per heavy atom. The van der Waals surface area contributed by atoms with Crippen LogP contribution in [0.5, 0.6) is 0 Å². The molecule has 2 N–H and O–H groups in total. The molecule has 1 aromatic carbocycles. The third-order valence-corrected chi connectivity index (χ3v) is 6.94. The molecule has 8 heteroatoms. The van der Waals surface area contributed by atoms with E-state index in [2.05, 4.69) is 16.7 Å². The van der Waals surface area contributed by atoms with Crippen LogP contribution < -0.4 is 10.6 Å². The normalized spacial score (nSPS) is 19.5. The van der Waals surface area contributed by atoms with Crippen molar-refractivity contribution in [2.45, 2.75) is 18.2 Å². The summed E-state index contributed by atoms with van der Waals surface area (Å²) in [5.74, 6) is -0.00993. The highest BCUT2D eigenvalue weighted by molar-refractivity contribution is 7.89. The fourth-order valence-electron chi connectivity index (χ4n) is 3.29. The number of rotatable bonds is 6. The number of carbonyl (C=O) groups excluding carboxylic acids is 1. The first kappa shape index (κ1) is 20.0. The Hall–Kier alpha value is -1.74. The van der Waals surface area contributed by atoms with Gasteiger partial charge < -0.3 is 10.6 Å². The molecule has 1 aromatic rings. The van der Waals surface area contributed by atoms with Gasteiger partial charge in [-0.2, -0.15) is 4.31 Å². The minimum Gasteiger partial charge on any atom is -0.351 e. The van der Waals surface area contributed by atoms with Crippen LogP contribution in [0.1, 0.15) is 12.0 Å². The summed E-state index contributed by atoms with van der Waals surface area (Å²) in [6, 6.07) is 6.93. The molecule has 27 heavy (non-hydrogen) atoms. The number of benzene rings is 1. The lowest BCUT2D eigenvalue weighted by molar-refractivity contribution is -0.122. The fourth-order valence-corrected chi connectivity index (χ4v) is 4.71. The Morgan fingerprint density at radius 3 is 2.48 bits per heavy atom. The molecule has 0 radical (unpaired) electrons. The predicted octanol–water partition coefficient (Wildman–Crippen LogP) is 0.337. The zero-order valence-electron chi connectivity index (χ0n) is 15.8. The van der Waals surface area contributed by atoms with Gasteiger partial charge in [0.15, 0.2) is 0 Å². The van der Waals surface area contributed by atoms with E-state index in [1.807, 2.05) is 24.0 Å². The molecule has 0 spiro atoms. The van der Waals surface area contributed by atoms with Crippen molar-refractivity contribution < 1.29 is 13.2 Å². The lowest BCUT2D eigenvalue weighted by Gasteiger charge is -2.33. The highest BCUT2D eigenvalue weighted by Crippen LogP contribution is 2.18. The van der Waals surface area contributed by atoms with Crippen LogP contribution in [0.2, 0.25) is 0 Å². The van der Waals surface area contributed by atoms with Crippen LogP contribution in [0.4, 0.5) is 0 Å². The number of hydrogen-bond acceptors (Lipinski definition) is 5. The van der Waals surface area contributed by atoms with Crippen molar-refractivity contribution in [2.75, 3.05) is 52.4 Å². The summed E-state index contributed by atoms with van der Waals surface area (Å²) in [7, 11) is -3.46. The van der Waals surface area contributed by atoms with E-state index < -0.39 is 10.0 Å². The molecule has 1 amide bonds. The number of amides is 1. The minimum atomic E-state index is -3.46. The van der Waals surface area contributed by atoms with Gasteiger partial charge in [-0.05, 0) is 32.0 Å². The highest BCUT2D eigenvalue weighted by atomic mass is 32.2. The minimum absolute atomic E-state index is 0.00993. The Bertz CT molecular complexity index is 782. The molecule has 148 valence electrons. The summed E-state index contributed by atoms with van der Waals surface area (Å²) in [5, 5.41) is 6.21. The van der Waals surface area contributed by atoms with Crippen LogP contribution in [0.25, 0.3) is 0 Å². The molecule has 0 aromatic heterocycles. The van der Waals surface area contributed by atoms with E-state index in [-0.39, 0.29) is 5.91 Å². The van der Waals surface area contributed by atoms with Gasteiger partial charge in [-0.3, -0.25) is 9.69 Å². The molecule has 7 nitrogen and oxygen atoms in total. The maximum absolute atomic E-state index is 12.7. The lowest BCUT2D eigenvalue weighted by atomic mass is 10.1. The topological polar surface area (TPSA) is 81.8 Å². The number of nitrogens with zero attached hydrogens (tertiary/aromatic N) is 2. The second-order valence-corrected chi connectivity index (χ2v) is 9.02. The van der Waals surface area contributed by atoms with Gasteiger partial charge in [0.25, 0.3) is 0 Å². The maximum Gasteiger partial charge on any atom is 0.243 e. The Labute approximate surface area is 161 Å². The molecule has 1 saturated heterocycles. The molecule has 0 atom stereocenters. The van der Waals surface area contributed by atoms with E-state index >= 15 is 0 Å². The molecular weight excluding hydrogens is 364 g/mol. The quantitative estimate of drug-likeness (QED) is 0.682. The van der Waals surface area contributed by atoms with Crippen LogP contribution in [-0.4, -0.2) is 75.9 Å². The molecule has 2 heterocycles. The van der Waals surface area contributed by atoms with Crippen molar-refractivity contribution >= 4 is 15.9 Å². The van der Waals surface area contributed by atoms with Crippen LogP contribution in [0, 0.1) is 6.92 Å². The van der Waals surface area contributed by atoms with Gasteiger partial charge in [-0.15, -0.1) is 0 Å². The second kappa shape index (κ2) is 8.97. The molecule has 0 saturated carbocycles. The van der Waals surface area contributed by atoms with Crippen molar-refractivity contribution in [1.29, 1.82) is 0 Å². The van der Waals surface area contributed by atoms with Crippen molar-refractivity contribution in [2.24, 2.45) is 0 Å². The van der Waals surface area contributed by atoms with Crippen LogP contribution in [-0.2, 0) is 14.8 Å². The van der Waals surface area contributed by atoms with Crippen LogP contribution in [0.3, 0.4) is 0 Å². The van der Waals surface area contributed by atoms with Gasteiger partial charge in [0.1, 0.15) is 0 Å². The van der Waals surface area contributed by atoms with Crippen molar-refractivity contribution in [3.63, 3.8) is 0 Å². The first-order chi connectivity index (χ1) is 12.9. The Kier molecular flexibility index (Phi) is 6.64. The molecule has 0 unspecified atom stereocenters. The average molecular weight is 393 g/mol. The molecule has 0 bridgehead atoms. The number of piperazine rings is 1. The van der Waals surface area contributed by atoms with E-state index in [0.29, 0.717) is 44.2 Å². The lowest BCUT2D eigenvalue weighted by Crippen LogP contribution is -2.51. The van der Waals surface area contributed by atoms with Crippen molar-refractivity contribution in [1.82, 2.24) is 19.8 Å². The van der Waals surface area contributed by atoms with Gasteiger partial charge in [0, 0.05) is 39.3 Å². The number of aryl methyl sites for hydroxylation is 1. The summed E-state index contributed by atoms with van der Waals surface area (Å²) in [4.78, 5) is 14.5. The summed E-state index contributed by atoms with van der Waals surface area (Å²) in [6.07, 6.45) is 3.09. The standard InChI is InChI=1S/C19H28N4O3S/c1-16-2-4-18(5-3-16)27(25,26)23-12-10-22(11-13-23)15-19(24)21-14-17-6-8-20-9-7-17/h2-6,20H,7-15H2,1H3,(H,21,24). The van der Waals surface area contributed by atoms with E-state index in [4.69, 9.17) is 0 Å². The SMILES string of the molecule is Cc1ccc(S(=O)(=O)N2CCN(CC(=O)NCC3=CCNCC3)CC2)cc1. The first-order valence-corrected chi connectivity index (χ1v) is 10.8. The maximum atomic E-state index is 12.7. The summed E-state index contributed by atoms with van der Waals surface area (Å²) in [5.41, 5.74) is 2.29. The van der Waals surface area contributed by atoms with Crippen molar-refractivity contribution in [3.8, 4) is 0 Å².